The molecule has 5 nitrogen and oxygen atoms in total. The minimum Gasteiger partial charge on any atom is -0.327 e. The summed E-state index contributed by atoms with van der Waals surface area (Å²) in [6.07, 6.45) is 1.37. The summed E-state index contributed by atoms with van der Waals surface area (Å²) < 4.78 is 0. The molecule has 2 aromatic carbocycles. The van der Waals surface area contributed by atoms with Gasteiger partial charge in [0.2, 0.25) is 0 Å². The van der Waals surface area contributed by atoms with Crippen LogP contribution >= 0.6 is 0 Å². The van der Waals surface area contributed by atoms with Crippen LogP contribution in [0.15, 0.2) is 48.5 Å². The van der Waals surface area contributed by atoms with Gasteiger partial charge in [0.25, 0.3) is 17.7 Å². The molecule has 0 N–H and O–H groups in total. The van der Waals surface area contributed by atoms with Crippen LogP contribution in [-0.4, -0.2) is 35.2 Å². The third-order valence-electron chi connectivity index (χ3n) is 4.90. The summed E-state index contributed by atoms with van der Waals surface area (Å²) in [4.78, 5) is 41.9. The Morgan fingerprint density at radius 2 is 1.76 bits per heavy atom. The zero-order valence-corrected chi connectivity index (χ0v) is 13.9. The van der Waals surface area contributed by atoms with Crippen molar-refractivity contribution in [3.63, 3.8) is 0 Å². The van der Waals surface area contributed by atoms with E-state index in [1.54, 1.807) is 41.3 Å². The van der Waals surface area contributed by atoms with E-state index in [1.807, 2.05) is 19.1 Å². The minimum atomic E-state index is -0.561. The van der Waals surface area contributed by atoms with Gasteiger partial charge in [-0.3, -0.25) is 14.4 Å². The van der Waals surface area contributed by atoms with Crippen LogP contribution in [0.25, 0.3) is 0 Å². The Labute approximate surface area is 145 Å². The molecule has 1 atom stereocenters. The first-order chi connectivity index (χ1) is 12.1. The SMILES string of the molecule is Cc1ccc(C(=O)N2C(=O)C3CCCN3C(=O)c3ccccc32)cc1. The lowest BCUT2D eigenvalue weighted by atomic mass is 10.1. The van der Waals surface area contributed by atoms with Crippen LogP contribution < -0.4 is 4.90 Å². The highest BCUT2D eigenvalue weighted by Gasteiger charge is 2.44. The summed E-state index contributed by atoms with van der Waals surface area (Å²) in [5.74, 6) is -0.883. The van der Waals surface area contributed by atoms with Crippen LogP contribution in [0.2, 0.25) is 0 Å². The first-order valence-corrected chi connectivity index (χ1v) is 8.43. The molecule has 126 valence electrons. The van der Waals surface area contributed by atoms with Gasteiger partial charge in [-0.2, -0.15) is 0 Å². The average molecular weight is 334 g/mol. The number of nitrogens with zero attached hydrogens (tertiary/aromatic N) is 2. The fourth-order valence-corrected chi connectivity index (χ4v) is 3.57. The van der Waals surface area contributed by atoms with E-state index in [9.17, 15) is 14.4 Å². The van der Waals surface area contributed by atoms with Crippen LogP contribution in [0.5, 0.6) is 0 Å². The van der Waals surface area contributed by atoms with E-state index in [1.165, 1.54) is 4.90 Å². The molecular weight excluding hydrogens is 316 g/mol. The van der Waals surface area contributed by atoms with Gasteiger partial charge < -0.3 is 4.90 Å². The Morgan fingerprint density at radius 3 is 2.52 bits per heavy atom. The van der Waals surface area contributed by atoms with E-state index in [4.69, 9.17) is 0 Å². The number of amides is 3. The topological polar surface area (TPSA) is 57.7 Å². The highest BCUT2D eigenvalue weighted by Crippen LogP contribution is 2.33. The molecule has 2 aliphatic rings. The standard InChI is InChI=1S/C20H18N2O3/c1-13-8-10-14(11-9-13)18(23)22-16-6-3-2-5-15(16)19(24)21-12-4-7-17(21)20(22)25/h2-3,5-6,8-11,17H,4,7,12H2,1H3. The maximum atomic E-state index is 13.1. The molecule has 2 aliphatic heterocycles. The Hall–Kier alpha value is -2.95. The van der Waals surface area contributed by atoms with E-state index in [0.717, 1.165) is 12.0 Å². The lowest BCUT2D eigenvalue weighted by molar-refractivity contribution is -0.121. The summed E-state index contributed by atoms with van der Waals surface area (Å²) in [6, 6.07) is 13.4. The normalized spacial score (nSPS) is 19.5. The van der Waals surface area contributed by atoms with E-state index >= 15 is 0 Å². The van der Waals surface area contributed by atoms with E-state index < -0.39 is 6.04 Å². The van der Waals surface area contributed by atoms with Crippen molar-refractivity contribution in [3.8, 4) is 0 Å². The second-order valence-electron chi connectivity index (χ2n) is 6.52. The predicted molar refractivity (Wildman–Crippen MR) is 93.5 cm³/mol. The van der Waals surface area contributed by atoms with E-state index in [2.05, 4.69) is 0 Å². The minimum absolute atomic E-state index is 0.175. The van der Waals surface area contributed by atoms with Crippen LogP contribution in [0.4, 0.5) is 5.69 Å². The lowest BCUT2D eigenvalue weighted by Gasteiger charge is -2.24. The van der Waals surface area contributed by atoms with Crippen molar-refractivity contribution < 1.29 is 14.4 Å². The van der Waals surface area contributed by atoms with Crippen molar-refractivity contribution >= 4 is 23.4 Å². The second kappa shape index (κ2) is 5.84. The number of hydrogen-bond acceptors (Lipinski definition) is 3. The molecule has 1 saturated heterocycles. The van der Waals surface area contributed by atoms with Gasteiger partial charge in [-0.25, -0.2) is 4.90 Å². The number of hydrogen-bond donors (Lipinski definition) is 0. The van der Waals surface area contributed by atoms with Gasteiger partial charge in [-0.05, 0) is 44.0 Å². The largest absolute Gasteiger partial charge is 0.327 e. The zero-order valence-electron chi connectivity index (χ0n) is 13.9. The molecular formula is C20H18N2O3. The van der Waals surface area contributed by atoms with Gasteiger partial charge in [-0.1, -0.05) is 29.8 Å². The Kier molecular flexibility index (Phi) is 3.64. The van der Waals surface area contributed by atoms with Gasteiger partial charge in [0, 0.05) is 12.1 Å². The van der Waals surface area contributed by atoms with Crippen molar-refractivity contribution in [1.82, 2.24) is 4.90 Å². The van der Waals surface area contributed by atoms with Gasteiger partial charge in [-0.15, -0.1) is 0 Å². The lowest BCUT2D eigenvalue weighted by Crippen LogP contribution is -2.47. The maximum Gasteiger partial charge on any atom is 0.265 e. The first kappa shape index (κ1) is 15.6. The number of imide groups is 1. The summed E-state index contributed by atoms with van der Waals surface area (Å²) in [7, 11) is 0. The second-order valence-corrected chi connectivity index (χ2v) is 6.52. The molecule has 3 amide bonds. The van der Waals surface area contributed by atoms with Crippen molar-refractivity contribution in [3.05, 3.63) is 65.2 Å². The van der Waals surface area contributed by atoms with Crippen LogP contribution in [0, 0.1) is 6.92 Å². The molecule has 0 radical (unpaired) electrons. The van der Waals surface area contributed by atoms with Crippen molar-refractivity contribution in [2.45, 2.75) is 25.8 Å². The highest BCUT2D eigenvalue weighted by molar-refractivity contribution is 6.26. The summed E-state index contributed by atoms with van der Waals surface area (Å²) in [5.41, 5.74) is 2.25. The van der Waals surface area contributed by atoms with Crippen LogP contribution in [0.1, 0.15) is 39.1 Å². The third-order valence-corrected chi connectivity index (χ3v) is 4.90. The number of rotatable bonds is 1. The molecule has 2 heterocycles. The van der Waals surface area contributed by atoms with E-state index in [0.29, 0.717) is 29.8 Å². The molecule has 0 bridgehead atoms. The fourth-order valence-electron chi connectivity index (χ4n) is 3.57. The maximum absolute atomic E-state index is 13.1. The summed E-state index contributed by atoms with van der Waals surface area (Å²) in [6.45, 7) is 2.49. The van der Waals surface area contributed by atoms with Gasteiger partial charge >= 0.3 is 0 Å². The number of benzene rings is 2. The summed E-state index contributed by atoms with van der Waals surface area (Å²) in [5, 5.41) is 0. The molecule has 0 aromatic heterocycles. The number of para-hydroxylation sites is 1. The first-order valence-electron chi connectivity index (χ1n) is 8.43. The highest BCUT2D eigenvalue weighted by atomic mass is 16.2. The number of carbonyl (C=O) groups excluding carboxylic acids is 3. The molecule has 0 saturated carbocycles. The molecule has 4 rings (SSSR count). The summed E-state index contributed by atoms with van der Waals surface area (Å²) >= 11 is 0. The van der Waals surface area contributed by atoms with Gasteiger partial charge in [0.15, 0.2) is 0 Å². The molecule has 2 aromatic rings. The molecule has 0 aliphatic carbocycles. The third kappa shape index (κ3) is 2.43. The number of carbonyl (C=O) groups is 3. The molecule has 5 heteroatoms. The molecule has 1 fully saturated rings. The monoisotopic (exact) mass is 334 g/mol. The smallest absolute Gasteiger partial charge is 0.265 e. The average Bonchev–Trinajstić information content (AvgIpc) is 3.09. The van der Waals surface area contributed by atoms with Crippen molar-refractivity contribution in [2.75, 3.05) is 11.4 Å². The fraction of sp³-hybridized carbons (Fsp3) is 0.250. The quantitative estimate of drug-likeness (QED) is 0.754. The Morgan fingerprint density at radius 1 is 1.04 bits per heavy atom. The van der Waals surface area contributed by atoms with Crippen LogP contribution in [0.3, 0.4) is 0 Å². The predicted octanol–water partition coefficient (Wildman–Crippen LogP) is 2.79. The van der Waals surface area contributed by atoms with E-state index in [-0.39, 0.29) is 17.7 Å². The Balaban J connectivity index is 1.85. The number of fused-ring (bicyclic) bond motifs is 2. The van der Waals surface area contributed by atoms with Crippen molar-refractivity contribution in [2.24, 2.45) is 0 Å². The molecule has 25 heavy (non-hydrogen) atoms. The molecule has 1 unspecified atom stereocenters. The zero-order chi connectivity index (χ0) is 17.6. The van der Waals surface area contributed by atoms with Crippen LogP contribution in [-0.2, 0) is 4.79 Å². The Bertz CT molecular complexity index is 873. The number of aryl methyl sites for hydroxylation is 1. The van der Waals surface area contributed by atoms with Crippen molar-refractivity contribution in [1.29, 1.82) is 0 Å². The molecule has 0 spiro atoms. The van der Waals surface area contributed by atoms with Gasteiger partial charge in [0.1, 0.15) is 6.04 Å². The van der Waals surface area contributed by atoms with Gasteiger partial charge in [0.05, 0.1) is 11.3 Å². The number of anilines is 1.